The molecule has 0 unspecified atom stereocenters. The Labute approximate surface area is 99.6 Å². The van der Waals surface area contributed by atoms with Crippen molar-refractivity contribution < 1.29 is 9.50 Å². The van der Waals surface area contributed by atoms with Crippen molar-refractivity contribution >= 4 is 31.5 Å². The first-order chi connectivity index (χ1) is 8.15. The number of hydrogen-bond acceptors (Lipinski definition) is 3. The molecule has 1 N–H and O–H groups in total. The molecule has 3 aromatic rings. The Kier molecular flexibility index (Phi) is 2.12. The van der Waals surface area contributed by atoms with Crippen LogP contribution < -0.4 is 5.43 Å². The maximum absolute atomic E-state index is 13.1. The topological polar surface area (TPSA) is 37.3 Å². The summed E-state index contributed by atoms with van der Waals surface area (Å²) in [6, 6.07) is 8.82. The van der Waals surface area contributed by atoms with Gasteiger partial charge in [0.15, 0.2) is 5.43 Å². The van der Waals surface area contributed by atoms with Crippen molar-refractivity contribution in [2.24, 2.45) is 0 Å². The fraction of sp³-hybridized carbons (Fsp3) is 0. The van der Waals surface area contributed by atoms with Gasteiger partial charge in [0.1, 0.15) is 11.6 Å². The molecule has 0 aliphatic rings. The van der Waals surface area contributed by atoms with E-state index in [0.29, 0.717) is 10.8 Å². The molecule has 0 aliphatic heterocycles. The highest BCUT2D eigenvalue weighted by Crippen LogP contribution is 2.27. The average molecular weight is 246 g/mol. The second-order valence-corrected chi connectivity index (χ2v) is 4.84. The zero-order valence-electron chi connectivity index (χ0n) is 8.61. The predicted octanol–water partition coefficient (Wildman–Crippen LogP) is 3.26. The fourth-order valence-electron chi connectivity index (χ4n) is 1.82. The molecule has 2 aromatic carbocycles. The monoisotopic (exact) mass is 246 g/mol. The first kappa shape index (κ1) is 10.2. The molecule has 0 bridgehead atoms. The van der Waals surface area contributed by atoms with Crippen molar-refractivity contribution in [3.05, 3.63) is 52.4 Å². The van der Waals surface area contributed by atoms with Gasteiger partial charge < -0.3 is 5.11 Å². The molecule has 3 rings (SSSR count). The van der Waals surface area contributed by atoms with Crippen LogP contribution >= 0.6 is 11.3 Å². The Balaban J connectivity index is 2.58. The normalized spacial score (nSPS) is 11.1. The molecule has 17 heavy (non-hydrogen) atoms. The second kappa shape index (κ2) is 3.53. The summed E-state index contributed by atoms with van der Waals surface area (Å²) in [4.78, 5) is 12.1. The minimum absolute atomic E-state index is 0.0394. The Hall–Kier alpha value is -1.94. The van der Waals surface area contributed by atoms with Crippen LogP contribution in [0.25, 0.3) is 20.2 Å². The van der Waals surface area contributed by atoms with E-state index < -0.39 is 5.82 Å². The van der Waals surface area contributed by atoms with Crippen LogP contribution in [-0.4, -0.2) is 5.11 Å². The van der Waals surface area contributed by atoms with E-state index in [4.69, 9.17) is 0 Å². The van der Waals surface area contributed by atoms with Gasteiger partial charge in [0.25, 0.3) is 0 Å². The molecule has 84 valence electrons. The van der Waals surface area contributed by atoms with Gasteiger partial charge in [0.05, 0.1) is 0 Å². The number of halogens is 1. The average Bonchev–Trinajstić information content (AvgIpc) is 2.32. The third kappa shape index (κ3) is 1.57. The van der Waals surface area contributed by atoms with Crippen molar-refractivity contribution in [1.82, 2.24) is 0 Å². The fourth-order valence-corrected chi connectivity index (χ4v) is 2.85. The summed E-state index contributed by atoms with van der Waals surface area (Å²) >= 11 is 1.41. The number of aromatic hydroxyl groups is 1. The van der Waals surface area contributed by atoms with Crippen molar-refractivity contribution in [1.29, 1.82) is 0 Å². The predicted molar refractivity (Wildman–Crippen MR) is 67.2 cm³/mol. The number of rotatable bonds is 0. The molecule has 0 aliphatic carbocycles. The van der Waals surface area contributed by atoms with Crippen molar-refractivity contribution in [3.63, 3.8) is 0 Å². The standard InChI is InChI=1S/C13H7FO2S/c14-7-1-3-11-9(5-7)13(16)10-6-8(15)2-4-12(10)17-11/h1-6,15H. The van der Waals surface area contributed by atoms with Crippen molar-refractivity contribution in [3.8, 4) is 5.75 Å². The maximum atomic E-state index is 13.1. The van der Waals surface area contributed by atoms with Gasteiger partial charge in [-0.1, -0.05) is 0 Å². The summed E-state index contributed by atoms with van der Waals surface area (Å²) in [7, 11) is 0. The molecule has 0 amide bonds. The zero-order chi connectivity index (χ0) is 12.0. The van der Waals surface area contributed by atoms with Gasteiger partial charge in [0, 0.05) is 20.2 Å². The van der Waals surface area contributed by atoms with E-state index in [1.165, 1.54) is 35.6 Å². The number of phenolic OH excluding ortho intramolecular Hbond substituents is 1. The lowest BCUT2D eigenvalue weighted by atomic mass is 10.2. The molecule has 0 spiro atoms. The smallest absolute Gasteiger partial charge is 0.196 e. The van der Waals surface area contributed by atoms with Crippen LogP contribution in [0.3, 0.4) is 0 Å². The summed E-state index contributed by atoms with van der Waals surface area (Å²) in [6.07, 6.45) is 0. The van der Waals surface area contributed by atoms with E-state index in [9.17, 15) is 14.3 Å². The first-order valence-electron chi connectivity index (χ1n) is 5.00. The number of hydrogen-bond donors (Lipinski definition) is 1. The number of phenols is 1. The Morgan fingerprint density at radius 2 is 1.65 bits per heavy atom. The lowest BCUT2D eigenvalue weighted by Crippen LogP contribution is -2.01. The van der Waals surface area contributed by atoms with Crippen molar-refractivity contribution in [2.45, 2.75) is 0 Å². The van der Waals surface area contributed by atoms with Crippen LogP contribution in [0.15, 0.2) is 41.2 Å². The minimum Gasteiger partial charge on any atom is -0.508 e. The summed E-state index contributed by atoms with van der Waals surface area (Å²) in [5.41, 5.74) is -0.246. The molecule has 0 fully saturated rings. The van der Waals surface area contributed by atoms with Gasteiger partial charge in [-0.25, -0.2) is 4.39 Å². The molecule has 0 saturated heterocycles. The highest BCUT2D eigenvalue weighted by molar-refractivity contribution is 7.24. The number of benzene rings is 2. The molecular formula is C13H7FO2S. The van der Waals surface area contributed by atoms with Gasteiger partial charge in [-0.2, -0.15) is 0 Å². The molecule has 0 radical (unpaired) electrons. The summed E-state index contributed by atoms with van der Waals surface area (Å²) in [5.74, 6) is -0.390. The zero-order valence-corrected chi connectivity index (χ0v) is 9.42. The van der Waals surface area contributed by atoms with Gasteiger partial charge in [-0.15, -0.1) is 11.3 Å². The van der Waals surface area contributed by atoms with Gasteiger partial charge >= 0.3 is 0 Å². The Bertz CT molecular complexity index is 729. The molecule has 0 saturated carbocycles. The van der Waals surface area contributed by atoms with Crippen LogP contribution in [-0.2, 0) is 0 Å². The van der Waals surface area contributed by atoms with E-state index in [0.717, 1.165) is 9.40 Å². The molecule has 2 nitrogen and oxygen atoms in total. The van der Waals surface area contributed by atoms with Crippen LogP contribution in [0, 0.1) is 5.82 Å². The lowest BCUT2D eigenvalue weighted by molar-refractivity contribution is 0.476. The highest BCUT2D eigenvalue weighted by Gasteiger charge is 2.07. The SMILES string of the molecule is O=c1c2cc(O)ccc2sc2ccc(F)cc12. The number of fused-ring (bicyclic) bond motifs is 2. The molecule has 1 heterocycles. The van der Waals surface area contributed by atoms with Gasteiger partial charge in [-0.05, 0) is 36.4 Å². The van der Waals surface area contributed by atoms with Gasteiger partial charge in [-0.3, -0.25) is 4.79 Å². The third-order valence-corrected chi connectivity index (χ3v) is 3.77. The largest absolute Gasteiger partial charge is 0.508 e. The van der Waals surface area contributed by atoms with E-state index in [1.807, 2.05) is 0 Å². The Morgan fingerprint density at radius 1 is 1.00 bits per heavy atom. The third-order valence-electron chi connectivity index (χ3n) is 2.61. The Morgan fingerprint density at radius 3 is 2.41 bits per heavy atom. The maximum Gasteiger partial charge on any atom is 0.196 e. The molecule has 0 atom stereocenters. The van der Waals surface area contributed by atoms with Gasteiger partial charge in [0.2, 0.25) is 0 Å². The van der Waals surface area contributed by atoms with Crippen LogP contribution in [0.5, 0.6) is 5.75 Å². The summed E-state index contributed by atoms with van der Waals surface area (Å²) < 4.78 is 14.6. The van der Waals surface area contributed by atoms with Crippen LogP contribution in [0.1, 0.15) is 0 Å². The van der Waals surface area contributed by atoms with E-state index in [-0.39, 0.29) is 11.2 Å². The minimum atomic E-state index is -0.429. The van der Waals surface area contributed by atoms with Crippen molar-refractivity contribution in [2.75, 3.05) is 0 Å². The quantitative estimate of drug-likeness (QED) is 0.618. The molecular weight excluding hydrogens is 239 g/mol. The second-order valence-electron chi connectivity index (χ2n) is 3.75. The van der Waals surface area contributed by atoms with E-state index >= 15 is 0 Å². The molecule has 1 aromatic heterocycles. The highest BCUT2D eigenvalue weighted by atomic mass is 32.1. The molecule has 4 heteroatoms. The van der Waals surface area contributed by atoms with Crippen LogP contribution in [0.4, 0.5) is 4.39 Å². The van der Waals surface area contributed by atoms with E-state index in [1.54, 1.807) is 12.1 Å². The summed E-state index contributed by atoms with van der Waals surface area (Å²) in [6.45, 7) is 0. The van der Waals surface area contributed by atoms with Crippen LogP contribution in [0.2, 0.25) is 0 Å². The van der Waals surface area contributed by atoms with E-state index in [2.05, 4.69) is 0 Å². The summed E-state index contributed by atoms with van der Waals surface area (Å²) in [5, 5.41) is 10.2. The first-order valence-corrected chi connectivity index (χ1v) is 5.82. The lowest BCUT2D eigenvalue weighted by Gasteiger charge is -2.01.